The van der Waals surface area contributed by atoms with Crippen LogP contribution < -0.4 is 5.73 Å². The predicted octanol–water partition coefficient (Wildman–Crippen LogP) is 2.65. The van der Waals surface area contributed by atoms with Crippen LogP contribution in [0.25, 0.3) is 0 Å². The number of nitrogens with two attached hydrogens (primary N) is 1. The van der Waals surface area contributed by atoms with Gasteiger partial charge in [-0.2, -0.15) is 11.8 Å². The van der Waals surface area contributed by atoms with Gasteiger partial charge in [0.1, 0.15) is 0 Å². The first-order chi connectivity index (χ1) is 6.21. The summed E-state index contributed by atoms with van der Waals surface area (Å²) in [5.41, 5.74) is 6.75. The van der Waals surface area contributed by atoms with E-state index in [2.05, 4.69) is 18.7 Å². The molecule has 0 radical (unpaired) electrons. The Bertz CT molecular complexity index is 177. The van der Waals surface area contributed by atoms with Crippen LogP contribution in [0.4, 0.5) is 0 Å². The Kier molecular flexibility index (Phi) is 2.89. The smallest absolute Gasteiger partial charge is 0.0193 e. The van der Waals surface area contributed by atoms with Crippen molar-refractivity contribution >= 4 is 11.8 Å². The summed E-state index contributed by atoms with van der Waals surface area (Å²) in [5, 5.41) is 0. The average Bonchev–Trinajstić information content (AvgIpc) is 2.55. The van der Waals surface area contributed by atoms with Crippen LogP contribution in [0, 0.1) is 11.8 Å². The van der Waals surface area contributed by atoms with Crippen molar-refractivity contribution in [1.29, 1.82) is 0 Å². The fraction of sp³-hybridized carbons (Fsp3) is 1.00. The third kappa shape index (κ3) is 2.04. The van der Waals surface area contributed by atoms with E-state index >= 15 is 0 Å². The third-order valence-corrected chi connectivity index (χ3v) is 4.97. The van der Waals surface area contributed by atoms with Crippen molar-refractivity contribution < 1.29 is 0 Å². The lowest BCUT2D eigenvalue weighted by Crippen LogP contribution is -2.50. The summed E-state index contributed by atoms with van der Waals surface area (Å²) in [6.45, 7) is 2.36. The van der Waals surface area contributed by atoms with E-state index in [1.807, 2.05) is 0 Å². The van der Waals surface area contributed by atoms with Gasteiger partial charge in [-0.3, -0.25) is 0 Å². The average molecular weight is 199 g/mol. The zero-order valence-corrected chi connectivity index (χ0v) is 9.41. The molecule has 1 nitrogen and oxygen atoms in total. The lowest BCUT2D eigenvalue weighted by Gasteiger charge is -2.41. The maximum atomic E-state index is 6.54. The molecule has 1 saturated heterocycles. The molecular formula is C11H21NS. The largest absolute Gasteiger partial charge is 0.325 e. The van der Waals surface area contributed by atoms with Gasteiger partial charge in [-0.1, -0.05) is 19.8 Å². The second-order valence-electron chi connectivity index (χ2n) is 5.00. The summed E-state index contributed by atoms with van der Waals surface area (Å²) >= 11 is 2.10. The molecule has 2 N–H and O–H groups in total. The van der Waals surface area contributed by atoms with Crippen molar-refractivity contribution in [3.63, 3.8) is 0 Å². The molecule has 2 fully saturated rings. The zero-order chi connectivity index (χ0) is 9.31. The Morgan fingerprint density at radius 1 is 1.38 bits per heavy atom. The maximum Gasteiger partial charge on any atom is 0.0193 e. The lowest BCUT2D eigenvalue weighted by molar-refractivity contribution is 0.173. The monoisotopic (exact) mass is 199 g/mol. The second kappa shape index (κ2) is 3.82. The Balaban J connectivity index is 2.00. The van der Waals surface area contributed by atoms with E-state index in [4.69, 9.17) is 5.73 Å². The standard InChI is InChI=1S/C11H21NS/c1-9-3-2-5-11(12,7-9)10-4-6-13-8-10/h9-10H,2-8,12H2,1H3. The lowest BCUT2D eigenvalue weighted by atomic mass is 9.70. The van der Waals surface area contributed by atoms with Crippen LogP contribution >= 0.6 is 11.8 Å². The van der Waals surface area contributed by atoms with Crippen LogP contribution in [0.15, 0.2) is 0 Å². The predicted molar refractivity (Wildman–Crippen MR) is 60.0 cm³/mol. The second-order valence-corrected chi connectivity index (χ2v) is 6.15. The number of rotatable bonds is 1. The van der Waals surface area contributed by atoms with Crippen LogP contribution in [-0.2, 0) is 0 Å². The molecule has 2 heteroatoms. The van der Waals surface area contributed by atoms with E-state index in [1.54, 1.807) is 0 Å². The van der Waals surface area contributed by atoms with Gasteiger partial charge in [0.05, 0.1) is 0 Å². The van der Waals surface area contributed by atoms with E-state index < -0.39 is 0 Å². The Morgan fingerprint density at radius 2 is 2.23 bits per heavy atom. The van der Waals surface area contributed by atoms with Crippen molar-refractivity contribution in [2.75, 3.05) is 11.5 Å². The summed E-state index contributed by atoms with van der Waals surface area (Å²) in [5.74, 6) is 4.35. The molecule has 0 spiro atoms. The van der Waals surface area contributed by atoms with E-state index in [0.717, 1.165) is 11.8 Å². The maximum absolute atomic E-state index is 6.54. The van der Waals surface area contributed by atoms with Crippen LogP contribution in [-0.4, -0.2) is 17.0 Å². The molecule has 76 valence electrons. The van der Waals surface area contributed by atoms with E-state index in [1.165, 1.54) is 43.6 Å². The van der Waals surface area contributed by atoms with Gasteiger partial charge in [-0.05, 0) is 42.6 Å². The summed E-state index contributed by atoms with van der Waals surface area (Å²) < 4.78 is 0. The van der Waals surface area contributed by atoms with Crippen molar-refractivity contribution in [2.45, 2.75) is 44.6 Å². The number of hydrogen-bond acceptors (Lipinski definition) is 2. The minimum Gasteiger partial charge on any atom is -0.325 e. The molecule has 0 bridgehead atoms. The first-order valence-corrected chi connectivity index (χ1v) is 6.73. The first-order valence-electron chi connectivity index (χ1n) is 5.57. The zero-order valence-electron chi connectivity index (χ0n) is 8.59. The highest BCUT2D eigenvalue weighted by molar-refractivity contribution is 7.99. The minimum atomic E-state index is 0.209. The topological polar surface area (TPSA) is 26.0 Å². The summed E-state index contributed by atoms with van der Waals surface area (Å²) in [6.07, 6.45) is 6.69. The summed E-state index contributed by atoms with van der Waals surface area (Å²) in [6, 6.07) is 0. The highest BCUT2D eigenvalue weighted by Crippen LogP contribution is 2.41. The van der Waals surface area contributed by atoms with E-state index in [-0.39, 0.29) is 5.54 Å². The fourth-order valence-electron chi connectivity index (χ4n) is 2.99. The van der Waals surface area contributed by atoms with Crippen molar-refractivity contribution in [1.82, 2.24) is 0 Å². The molecule has 2 aliphatic rings. The SMILES string of the molecule is CC1CCCC(N)(C2CCSC2)C1. The molecule has 0 aromatic carbocycles. The van der Waals surface area contributed by atoms with Crippen molar-refractivity contribution in [3.8, 4) is 0 Å². The van der Waals surface area contributed by atoms with Gasteiger partial charge in [-0.15, -0.1) is 0 Å². The van der Waals surface area contributed by atoms with Crippen LogP contribution in [0.1, 0.15) is 39.0 Å². The van der Waals surface area contributed by atoms with Gasteiger partial charge < -0.3 is 5.73 Å². The van der Waals surface area contributed by atoms with Gasteiger partial charge in [-0.25, -0.2) is 0 Å². The molecule has 0 aromatic rings. The number of thioether (sulfide) groups is 1. The molecule has 0 aromatic heterocycles. The Morgan fingerprint density at radius 3 is 2.85 bits per heavy atom. The van der Waals surface area contributed by atoms with E-state index in [9.17, 15) is 0 Å². The molecule has 2 rings (SSSR count). The third-order valence-electron chi connectivity index (χ3n) is 3.81. The quantitative estimate of drug-likeness (QED) is 0.702. The van der Waals surface area contributed by atoms with Crippen LogP contribution in [0.5, 0.6) is 0 Å². The molecule has 13 heavy (non-hydrogen) atoms. The van der Waals surface area contributed by atoms with Crippen molar-refractivity contribution in [3.05, 3.63) is 0 Å². The Hall–Kier alpha value is 0.310. The molecule has 3 atom stereocenters. The highest BCUT2D eigenvalue weighted by Gasteiger charge is 2.39. The molecule has 1 aliphatic carbocycles. The molecular weight excluding hydrogens is 178 g/mol. The van der Waals surface area contributed by atoms with Gasteiger partial charge >= 0.3 is 0 Å². The molecule has 3 unspecified atom stereocenters. The van der Waals surface area contributed by atoms with Gasteiger partial charge in [0.15, 0.2) is 0 Å². The number of hydrogen-bond donors (Lipinski definition) is 1. The van der Waals surface area contributed by atoms with Gasteiger partial charge in [0.2, 0.25) is 0 Å². The Labute approximate surface area is 85.8 Å². The summed E-state index contributed by atoms with van der Waals surface area (Å²) in [7, 11) is 0. The normalized spacial score (nSPS) is 46.6. The highest BCUT2D eigenvalue weighted by atomic mass is 32.2. The molecule has 1 saturated carbocycles. The van der Waals surface area contributed by atoms with Crippen molar-refractivity contribution in [2.24, 2.45) is 17.6 Å². The minimum absolute atomic E-state index is 0.209. The van der Waals surface area contributed by atoms with Crippen LogP contribution in [0.3, 0.4) is 0 Å². The first kappa shape index (κ1) is 9.85. The molecule has 0 amide bonds. The molecule has 1 heterocycles. The van der Waals surface area contributed by atoms with Gasteiger partial charge in [0, 0.05) is 5.54 Å². The van der Waals surface area contributed by atoms with Crippen LogP contribution in [0.2, 0.25) is 0 Å². The summed E-state index contributed by atoms with van der Waals surface area (Å²) in [4.78, 5) is 0. The molecule has 1 aliphatic heterocycles. The fourth-order valence-corrected chi connectivity index (χ4v) is 4.39. The van der Waals surface area contributed by atoms with Gasteiger partial charge in [0.25, 0.3) is 0 Å². The van der Waals surface area contributed by atoms with E-state index in [0.29, 0.717) is 0 Å².